The van der Waals surface area contributed by atoms with Gasteiger partial charge < -0.3 is 15.4 Å². The third-order valence-electron chi connectivity index (χ3n) is 3.54. The smallest absolute Gasteiger partial charge is 0.260 e. The highest BCUT2D eigenvalue weighted by Crippen LogP contribution is 2.25. The summed E-state index contributed by atoms with van der Waals surface area (Å²) in [5.41, 5.74) is 6.52. The van der Waals surface area contributed by atoms with E-state index in [-0.39, 0.29) is 18.6 Å². The van der Waals surface area contributed by atoms with Crippen LogP contribution in [0.5, 0.6) is 5.75 Å². The van der Waals surface area contributed by atoms with Crippen molar-refractivity contribution in [2.24, 2.45) is 5.73 Å². The molecule has 0 aliphatic carbocycles. The van der Waals surface area contributed by atoms with Crippen molar-refractivity contribution < 1.29 is 9.53 Å². The van der Waals surface area contributed by atoms with Gasteiger partial charge in [-0.2, -0.15) is 0 Å². The Labute approximate surface area is 118 Å². The molecule has 0 saturated carbocycles. The SMILES string of the molecule is Cc1c(Cl)cccc1OCC(=O)N1CCCC1CN. The zero-order valence-corrected chi connectivity index (χ0v) is 11.8. The third-order valence-corrected chi connectivity index (χ3v) is 3.95. The van der Waals surface area contributed by atoms with Gasteiger partial charge in [-0.3, -0.25) is 4.79 Å². The van der Waals surface area contributed by atoms with Gasteiger partial charge in [-0.05, 0) is 31.9 Å². The van der Waals surface area contributed by atoms with Gasteiger partial charge in [0.15, 0.2) is 6.61 Å². The van der Waals surface area contributed by atoms with Gasteiger partial charge in [0.2, 0.25) is 0 Å². The Kier molecular flexibility index (Phi) is 4.66. The maximum Gasteiger partial charge on any atom is 0.260 e. The van der Waals surface area contributed by atoms with Crippen LogP contribution in [0.3, 0.4) is 0 Å². The molecule has 1 aliphatic rings. The molecule has 1 heterocycles. The molecule has 2 rings (SSSR count). The van der Waals surface area contributed by atoms with E-state index in [2.05, 4.69) is 0 Å². The van der Waals surface area contributed by atoms with E-state index in [0.717, 1.165) is 24.9 Å². The van der Waals surface area contributed by atoms with Crippen molar-refractivity contribution in [3.63, 3.8) is 0 Å². The van der Waals surface area contributed by atoms with E-state index in [1.807, 2.05) is 24.0 Å². The Morgan fingerprint density at radius 1 is 1.58 bits per heavy atom. The highest BCUT2D eigenvalue weighted by molar-refractivity contribution is 6.31. The second kappa shape index (κ2) is 6.26. The van der Waals surface area contributed by atoms with Gasteiger partial charge in [0.1, 0.15) is 5.75 Å². The third kappa shape index (κ3) is 3.19. The van der Waals surface area contributed by atoms with Crippen LogP contribution in [0, 0.1) is 6.92 Å². The van der Waals surface area contributed by atoms with Crippen molar-refractivity contribution in [2.75, 3.05) is 19.7 Å². The summed E-state index contributed by atoms with van der Waals surface area (Å²) < 4.78 is 5.57. The Morgan fingerprint density at radius 3 is 3.11 bits per heavy atom. The summed E-state index contributed by atoms with van der Waals surface area (Å²) in [7, 11) is 0. The molecule has 2 N–H and O–H groups in total. The van der Waals surface area contributed by atoms with Crippen molar-refractivity contribution >= 4 is 17.5 Å². The lowest BCUT2D eigenvalue weighted by Crippen LogP contribution is -2.42. The monoisotopic (exact) mass is 282 g/mol. The zero-order chi connectivity index (χ0) is 13.8. The van der Waals surface area contributed by atoms with Gasteiger partial charge in [0, 0.05) is 29.7 Å². The number of hydrogen-bond acceptors (Lipinski definition) is 3. The van der Waals surface area contributed by atoms with Gasteiger partial charge >= 0.3 is 0 Å². The summed E-state index contributed by atoms with van der Waals surface area (Å²) >= 11 is 6.01. The second-order valence-corrected chi connectivity index (χ2v) is 5.18. The van der Waals surface area contributed by atoms with Crippen LogP contribution in [0.15, 0.2) is 18.2 Å². The number of carbonyl (C=O) groups excluding carboxylic acids is 1. The highest BCUT2D eigenvalue weighted by Gasteiger charge is 2.27. The minimum Gasteiger partial charge on any atom is -0.483 e. The molecule has 0 bridgehead atoms. The summed E-state index contributed by atoms with van der Waals surface area (Å²) in [6, 6.07) is 5.60. The van der Waals surface area contributed by atoms with Crippen LogP contribution in [0.1, 0.15) is 18.4 Å². The van der Waals surface area contributed by atoms with Crippen LogP contribution in [0.25, 0.3) is 0 Å². The lowest BCUT2D eigenvalue weighted by atomic mass is 10.2. The average molecular weight is 283 g/mol. The molecule has 0 spiro atoms. The molecule has 19 heavy (non-hydrogen) atoms. The number of ether oxygens (including phenoxy) is 1. The predicted molar refractivity (Wildman–Crippen MR) is 75.5 cm³/mol. The number of rotatable bonds is 4. The molecular weight excluding hydrogens is 264 g/mol. The van der Waals surface area contributed by atoms with Crippen LogP contribution in [-0.2, 0) is 4.79 Å². The maximum absolute atomic E-state index is 12.1. The van der Waals surface area contributed by atoms with E-state index in [4.69, 9.17) is 22.1 Å². The van der Waals surface area contributed by atoms with Gasteiger partial charge in [0.25, 0.3) is 5.91 Å². The van der Waals surface area contributed by atoms with Gasteiger partial charge in [-0.25, -0.2) is 0 Å². The minimum absolute atomic E-state index is 0.00711. The first kappa shape index (κ1) is 14.2. The topological polar surface area (TPSA) is 55.6 Å². The van der Waals surface area contributed by atoms with Crippen LogP contribution < -0.4 is 10.5 Å². The number of amides is 1. The van der Waals surface area contributed by atoms with Crippen molar-refractivity contribution in [3.8, 4) is 5.75 Å². The number of nitrogens with zero attached hydrogens (tertiary/aromatic N) is 1. The van der Waals surface area contributed by atoms with E-state index < -0.39 is 0 Å². The number of carbonyl (C=O) groups is 1. The molecule has 104 valence electrons. The Morgan fingerprint density at radius 2 is 2.37 bits per heavy atom. The van der Waals surface area contributed by atoms with Crippen LogP contribution in [0.4, 0.5) is 0 Å². The molecule has 1 amide bonds. The Bertz CT molecular complexity index is 465. The molecule has 1 saturated heterocycles. The molecule has 0 aromatic heterocycles. The van der Waals surface area contributed by atoms with Crippen LogP contribution in [-0.4, -0.2) is 36.5 Å². The molecule has 1 fully saturated rings. The largest absolute Gasteiger partial charge is 0.483 e. The number of halogens is 1. The molecule has 5 heteroatoms. The number of likely N-dealkylation sites (tertiary alicyclic amines) is 1. The van der Waals surface area contributed by atoms with Crippen molar-refractivity contribution in [1.29, 1.82) is 0 Å². The fourth-order valence-corrected chi connectivity index (χ4v) is 2.54. The van der Waals surface area contributed by atoms with Crippen molar-refractivity contribution in [1.82, 2.24) is 4.90 Å². The number of benzene rings is 1. The first-order valence-corrected chi connectivity index (χ1v) is 6.88. The highest BCUT2D eigenvalue weighted by atomic mass is 35.5. The molecule has 1 aromatic carbocycles. The molecule has 0 radical (unpaired) electrons. The molecule has 1 unspecified atom stereocenters. The fourth-order valence-electron chi connectivity index (χ4n) is 2.38. The quantitative estimate of drug-likeness (QED) is 0.919. The zero-order valence-electron chi connectivity index (χ0n) is 11.1. The summed E-state index contributed by atoms with van der Waals surface area (Å²) in [6.45, 7) is 3.21. The summed E-state index contributed by atoms with van der Waals surface area (Å²) in [5.74, 6) is 0.650. The first-order valence-electron chi connectivity index (χ1n) is 6.51. The minimum atomic E-state index is -0.00711. The summed E-state index contributed by atoms with van der Waals surface area (Å²) in [5, 5.41) is 0.644. The van der Waals surface area contributed by atoms with Crippen LogP contribution >= 0.6 is 11.6 Å². The maximum atomic E-state index is 12.1. The summed E-state index contributed by atoms with van der Waals surface area (Å²) in [6.07, 6.45) is 2.00. The Hall–Kier alpha value is -1.26. The van der Waals surface area contributed by atoms with Crippen LogP contribution in [0.2, 0.25) is 5.02 Å². The molecule has 1 aromatic rings. The standard InChI is InChI=1S/C14H19ClN2O2/c1-10-12(15)5-2-6-13(10)19-9-14(18)17-7-3-4-11(17)8-16/h2,5-6,11H,3-4,7-9,16H2,1H3. The van der Waals surface area contributed by atoms with E-state index in [1.165, 1.54) is 0 Å². The van der Waals surface area contributed by atoms with E-state index in [0.29, 0.717) is 17.3 Å². The number of nitrogens with two attached hydrogens (primary N) is 1. The fraction of sp³-hybridized carbons (Fsp3) is 0.500. The molecule has 4 nitrogen and oxygen atoms in total. The Balaban J connectivity index is 1.95. The van der Waals surface area contributed by atoms with Gasteiger partial charge in [0.05, 0.1) is 0 Å². The number of hydrogen-bond donors (Lipinski definition) is 1. The first-order chi connectivity index (χ1) is 9.13. The van der Waals surface area contributed by atoms with Gasteiger partial charge in [-0.15, -0.1) is 0 Å². The van der Waals surface area contributed by atoms with Crippen molar-refractivity contribution in [3.05, 3.63) is 28.8 Å². The average Bonchev–Trinajstić information content (AvgIpc) is 2.88. The molecular formula is C14H19ClN2O2. The van der Waals surface area contributed by atoms with Crippen molar-refractivity contribution in [2.45, 2.75) is 25.8 Å². The lowest BCUT2D eigenvalue weighted by Gasteiger charge is -2.23. The van der Waals surface area contributed by atoms with Gasteiger partial charge in [-0.1, -0.05) is 17.7 Å². The lowest BCUT2D eigenvalue weighted by molar-refractivity contribution is -0.134. The van der Waals surface area contributed by atoms with E-state index >= 15 is 0 Å². The normalized spacial score (nSPS) is 18.7. The molecule has 1 aliphatic heterocycles. The summed E-state index contributed by atoms with van der Waals surface area (Å²) in [4.78, 5) is 13.9. The van der Waals surface area contributed by atoms with E-state index in [9.17, 15) is 4.79 Å². The predicted octanol–water partition coefficient (Wildman–Crippen LogP) is 1.98. The molecule has 1 atom stereocenters. The second-order valence-electron chi connectivity index (χ2n) is 4.77. The van der Waals surface area contributed by atoms with E-state index in [1.54, 1.807) is 6.07 Å².